The van der Waals surface area contributed by atoms with Gasteiger partial charge in [0.1, 0.15) is 0 Å². The lowest BCUT2D eigenvalue weighted by molar-refractivity contribution is 0.0952. The third kappa shape index (κ3) is 3.12. The third-order valence-electron chi connectivity index (χ3n) is 2.77. The number of amides is 1. The molecule has 4 N–H and O–H groups in total. The average molecular weight is 233 g/mol. The molecule has 1 saturated carbocycles. The summed E-state index contributed by atoms with van der Waals surface area (Å²) in [5, 5.41) is 6.23. The summed E-state index contributed by atoms with van der Waals surface area (Å²) in [4.78, 5) is 12.0. The number of rotatable bonds is 5. The lowest BCUT2D eigenvalue weighted by Crippen LogP contribution is -2.26. The summed E-state index contributed by atoms with van der Waals surface area (Å²) >= 11 is 0. The molecule has 1 aromatic carbocycles. The van der Waals surface area contributed by atoms with Crippen molar-refractivity contribution in [3.8, 4) is 0 Å². The molecular weight excluding hydrogens is 214 g/mol. The predicted molar refractivity (Wildman–Crippen MR) is 70.1 cm³/mol. The predicted octanol–water partition coefficient (Wildman–Crippen LogP) is 1.98. The van der Waals surface area contributed by atoms with Crippen LogP contribution in [0, 0.1) is 0 Å². The van der Waals surface area contributed by atoms with E-state index in [9.17, 15) is 4.79 Å². The zero-order valence-corrected chi connectivity index (χ0v) is 10.1. The summed E-state index contributed by atoms with van der Waals surface area (Å²) in [5.41, 5.74) is 7.86. The number of anilines is 2. The van der Waals surface area contributed by atoms with Gasteiger partial charge >= 0.3 is 0 Å². The Kier molecular flexibility index (Phi) is 3.52. The summed E-state index contributed by atoms with van der Waals surface area (Å²) in [7, 11) is 0. The van der Waals surface area contributed by atoms with Gasteiger partial charge in [-0.15, -0.1) is 0 Å². The summed E-state index contributed by atoms with van der Waals surface area (Å²) in [5.74, 6) is -0.0293. The van der Waals surface area contributed by atoms with E-state index < -0.39 is 0 Å². The lowest BCUT2D eigenvalue weighted by Gasteiger charge is -2.12. The van der Waals surface area contributed by atoms with Crippen molar-refractivity contribution >= 4 is 17.3 Å². The van der Waals surface area contributed by atoms with E-state index in [0.29, 0.717) is 17.3 Å². The van der Waals surface area contributed by atoms with E-state index in [2.05, 4.69) is 17.6 Å². The Labute approximate surface area is 102 Å². The maximum Gasteiger partial charge on any atom is 0.253 e. The first-order chi connectivity index (χ1) is 8.20. The number of nitrogens with one attached hydrogen (secondary N) is 2. The highest BCUT2D eigenvalue weighted by molar-refractivity contribution is 6.00. The fourth-order valence-electron chi connectivity index (χ4n) is 1.65. The summed E-state index contributed by atoms with van der Waals surface area (Å²) in [6, 6.07) is 5.77. The largest absolute Gasteiger partial charge is 0.399 e. The molecule has 1 aliphatic carbocycles. The van der Waals surface area contributed by atoms with Crippen molar-refractivity contribution in [1.29, 1.82) is 0 Å². The van der Waals surface area contributed by atoms with Gasteiger partial charge in [-0.25, -0.2) is 0 Å². The second-order valence-electron chi connectivity index (χ2n) is 4.48. The standard InChI is InChI=1S/C13H19N3O/c1-2-7-15-12-6-3-9(14)8-11(12)13(17)16-10-4-5-10/h3,6,8,10,15H,2,4-5,7,14H2,1H3,(H,16,17). The van der Waals surface area contributed by atoms with E-state index in [1.54, 1.807) is 6.07 Å². The lowest BCUT2D eigenvalue weighted by atomic mass is 10.1. The van der Waals surface area contributed by atoms with Crippen molar-refractivity contribution in [3.05, 3.63) is 23.8 Å². The molecule has 17 heavy (non-hydrogen) atoms. The number of hydrogen-bond donors (Lipinski definition) is 3. The van der Waals surface area contributed by atoms with Crippen LogP contribution in [0.5, 0.6) is 0 Å². The molecular formula is C13H19N3O. The molecule has 0 aromatic heterocycles. The van der Waals surface area contributed by atoms with E-state index in [1.807, 2.05) is 12.1 Å². The van der Waals surface area contributed by atoms with Gasteiger partial charge in [0.05, 0.1) is 5.56 Å². The smallest absolute Gasteiger partial charge is 0.253 e. The molecule has 0 saturated heterocycles. The van der Waals surface area contributed by atoms with E-state index in [1.165, 1.54) is 0 Å². The minimum Gasteiger partial charge on any atom is -0.399 e. The van der Waals surface area contributed by atoms with Gasteiger partial charge in [-0.3, -0.25) is 4.79 Å². The van der Waals surface area contributed by atoms with Gasteiger partial charge in [-0.05, 0) is 37.5 Å². The first-order valence-corrected chi connectivity index (χ1v) is 6.15. The Morgan fingerprint density at radius 1 is 1.47 bits per heavy atom. The molecule has 1 amide bonds. The van der Waals surface area contributed by atoms with Crippen LogP contribution in [0.15, 0.2) is 18.2 Å². The molecule has 4 nitrogen and oxygen atoms in total. The summed E-state index contributed by atoms with van der Waals surface area (Å²) in [6.45, 7) is 2.95. The van der Waals surface area contributed by atoms with Gasteiger partial charge in [0.15, 0.2) is 0 Å². The Bertz CT molecular complexity index is 413. The number of nitrogens with two attached hydrogens (primary N) is 1. The van der Waals surface area contributed by atoms with Crippen molar-refractivity contribution in [2.75, 3.05) is 17.6 Å². The van der Waals surface area contributed by atoms with Gasteiger partial charge in [-0.2, -0.15) is 0 Å². The van der Waals surface area contributed by atoms with Gasteiger partial charge in [0.25, 0.3) is 5.91 Å². The highest BCUT2D eigenvalue weighted by atomic mass is 16.1. The Morgan fingerprint density at radius 3 is 2.88 bits per heavy atom. The number of benzene rings is 1. The van der Waals surface area contributed by atoms with Crippen LogP contribution >= 0.6 is 0 Å². The molecule has 2 rings (SSSR count). The minimum absolute atomic E-state index is 0.0293. The topological polar surface area (TPSA) is 67.1 Å². The van der Waals surface area contributed by atoms with Gasteiger partial charge < -0.3 is 16.4 Å². The van der Waals surface area contributed by atoms with Crippen LogP contribution in [-0.2, 0) is 0 Å². The zero-order chi connectivity index (χ0) is 12.3. The molecule has 0 aliphatic heterocycles. The van der Waals surface area contributed by atoms with E-state index in [4.69, 9.17) is 5.73 Å². The molecule has 0 unspecified atom stereocenters. The Hall–Kier alpha value is -1.71. The molecule has 0 heterocycles. The number of nitrogen functional groups attached to an aromatic ring is 1. The fraction of sp³-hybridized carbons (Fsp3) is 0.462. The van der Waals surface area contributed by atoms with Crippen LogP contribution in [0.3, 0.4) is 0 Å². The maximum absolute atomic E-state index is 12.0. The van der Waals surface area contributed by atoms with Crippen LogP contribution in [0.25, 0.3) is 0 Å². The molecule has 0 bridgehead atoms. The molecule has 1 fully saturated rings. The minimum atomic E-state index is -0.0293. The second-order valence-corrected chi connectivity index (χ2v) is 4.48. The van der Waals surface area contributed by atoms with E-state index in [-0.39, 0.29) is 5.91 Å². The number of hydrogen-bond acceptors (Lipinski definition) is 3. The Morgan fingerprint density at radius 2 is 2.24 bits per heavy atom. The number of carbonyl (C=O) groups excluding carboxylic acids is 1. The molecule has 4 heteroatoms. The van der Waals surface area contributed by atoms with Crippen LogP contribution in [0.1, 0.15) is 36.5 Å². The van der Waals surface area contributed by atoms with Crippen molar-refractivity contribution in [3.63, 3.8) is 0 Å². The van der Waals surface area contributed by atoms with Crippen LogP contribution in [-0.4, -0.2) is 18.5 Å². The quantitative estimate of drug-likeness (QED) is 0.681. The molecule has 1 aliphatic rings. The highest BCUT2D eigenvalue weighted by Gasteiger charge is 2.24. The second kappa shape index (κ2) is 5.08. The van der Waals surface area contributed by atoms with E-state index in [0.717, 1.165) is 31.5 Å². The molecule has 92 valence electrons. The molecule has 0 atom stereocenters. The zero-order valence-electron chi connectivity index (χ0n) is 10.1. The van der Waals surface area contributed by atoms with Crippen LogP contribution in [0.2, 0.25) is 0 Å². The highest BCUT2D eigenvalue weighted by Crippen LogP contribution is 2.23. The summed E-state index contributed by atoms with van der Waals surface area (Å²) < 4.78 is 0. The van der Waals surface area contributed by atoms with Crippen molar-refractivity contribution < 1.29 is 4.79 Å². The van der Waals surface area contributed by atoms with Gasteiger partial charge in [-0.1, -0.05) is 6.92 Å². The Balaban J connectivity index is 2.15. The first kappa shape index (κ1) is 11.8. The summed E-state index contributed by atoms with van der Waals surface area (Å²) in [6.07, 6.45) is 3.20. The molecule has 0 radical (unpaired) electrons. The fourth-order valence-corrected chi connectivity index (χ4v) is 1.65. The normalized spacial score (nSPS) is 14.4. The molecule has 1 aromatic rings. The third-order valence-corrected chi connectivity index (χ3v) is 2.77. The van der Waals surface area contributed by atoms with Gasteiger partial charge in [0.2, 0.25) is 0 Å². The van der Waals surface area contributed by atoms with Crippen LogP contribution < -0.4 is 16.4 Å². The van der Waals surface area contributed by atoms with Gasteiger partial charge in [0, 0.05) is 24.0 Å². The van der Waals surface area contributed by atoms with E-state index >= 15 is 0 Å². The van der Waals surface area contributed by atoms with Crippen molar-refractivity contribution in [2.24, 2.45) is 0 Å². The van der Waals surface area contributed by atoms with Crippen LogP contribution in [0.4, 0.5) is 11.4 Å². The maximum atomic E-state index is 12.0. The SMILES string of the molecule is CCCNc1ccc(N)cc1C(=O)NC1CC1. The monoisotopic (exact) mass is 233 g/mol. The first-order valence-electron chi connectivity index (χ1n) is 6.15. The number of carbonyl (C=O) groups is 1. The van der Waals surface area contributed by atoms with Crippen molar-refractivity contribution in [2.45, 2.75) is 32.2 Å². The van der Waals surface area contributed by atoms with Crippen molar-refractivity contribution in [1.82, 2.24) is 5.32 Å². The average Bonchev–Trinajstić information content (AvgIpc) is 3.11. The molecule has 0 spiro atoms.